The highest BCUT2D eigenvalue weighted by molar-refractivity contribution is 9.09. The maximum absolute atomic E-state index is 12.8. The van der Waals surface area contributed by atoms with Crippen LogP contribution in [0.1, 0.15) is 19.3 Å². The van der Waals surface area contributed by atoms with Gasteiger partial charge in [0, 0.05) is 17.9 Å². The van der Waals surface area contributed by atoms with Crippen LogP contribution in [0.3, 0.4) is 0 Å². The Bertz CT molecular complexity index is 692. The van der Waals surface area contributed by atoms with E-state index in [1.54, 1.807) is 10.4 Å². The molecule has 2 heterocycles. The van der Waals surface area contributed by atoms with E-state index in [-0.39, 0.29) is 23.5 Å². The van der Waals surface area contributed by atoms with Gasteiger partial charge in [0.25, 0.3) is 5.91 Å². The van der Waals surface area contributed by atoms with E-state index < -0.39 is 10.0 Å². The second-order valence-electron chi connectivity index (χ2n) is 5.38. The minimum atomic E-state index is -3.56. The molecule has 0 aliphatic carbocycles. The van der Waals surface area contributed by atoms with Gasteiger partial charge in [-0.15, -0.1) is 0 Å². The molecule has 0 saturated carbocycles. The number of anilines is 1. The first-order valence-electron chi connectivity index (χ1n) is 7.17. The van der Waals surface area contributed by atoms with E-state index in [4.69, 9.17) is 4.74 Å². The third-order valence-corrected chi connectivity index (χ3v) is 6.36. The molecule has 2 aliphatic rings. The molecule has 1 aromatic carbocycles. The van der Waals surface area contributed by atoms with Crippen molar-refractivity contribution in [3.05, 3.63) is 18.2 Å². The number of ether oxygens (including phenoxy) is 1. The summed E-state index contributed by atoms with van der Waals surface area (Å²) in [5, 5.41) is 3.42. The summed E-state index contributed by atoms with van der Waals surface area (Å²) in [6, 6.07) is 4.64. The van der Waals surface area contributed by atoms with E-state index in [1.165, 1.54) is 12.1 Å². The summed E-state index contributed by atoms with van der Waals surface area (Å²) in [4.78, 5) is 11.6. The van der Waals surface area contributed by atoms with Gasteiger partial charge in [-0.25, -0.2) is 8.42 Å². The number of hydrogen-bond acceptors (Lipinski definition) is 4. The van der Waals surface area contributed by atoms with Gasteiger partial charge in [0.15, 0.2) is 6.61 Å². The van der Waals surface area contributed by atoms with Gasteiger partial charge in [-0.05, 0) is 37.5 Å². The van der Waals surface area contributed by atoms with Crippen LogP contribution in [0.2, 0.25) is 0 Å². The topological polar surface area (TPSA) is 75.7 Å². The van der Waals surface area contributed by atoms with Crippen molar-refractivity contribution in [3.63, 3.8) is 0 Å². The highest BCUT2D eigenvalue weighted by atomic mass is 79.9. The summed E-state index contributed by atoms with van der Waals surface area (Å²) >= 11 is 3.38. The predicted molar refractivity (Wildman–Crippen MR) is 85.9 cm³/mol. The third kappa shape index (κ3) is 2.87. The molecule has 1 saturated heterocycles. The lowest BCUT2D eigenvalue weighted by Crippen LogP contribution is -2.36. The molecule has 0 aromatic heterocycles. The number of alkyl halides is 1. The minimum Gasteiger partial charge on any atom is -0.482 e. The van der Waals surface area contributed by atoms with Gasteiger partial charge in [0.05, 0.1) is 10.6 Å². The molecule has 2 aliphatic heterocycles. The number of carbonyl (C=O) groups excluding carboxylic acids is 1. The van der Waals surface area contributed by atoms with Crippen LogP contribution in [-0.4, -0.2) is 43.2 Å². The number of benzene rings is 1. The molecule has 120 valence electrons. The van der Waals surface area contributed by atoms with Crippen LogP contribution >= 0.6 is 15.9 Å². The fourth-order valence-electron chi connectivity index (χ4n) is 2.90. The number of rotatable bonds is 4. The Balaban J connectivity index is 1.92. The van der Waals surface area contributed by atoms with Crippen LogP contribution < -0.4 is 10.1 Å². The Labute approximate surface area is 138 Å². The van der Waals surface area contributed by atoms with Crippen LogP contribution in [0.25, 0.3) is 0 Å². The summed E-state index contributed by atoms with van der Waals surface area (Å²) in [5.41, 5.74) is 0.411. The Morgan fingerprint density at radius 3 is 3.00 bits per heavy atom. The predicted octanol–water partition coefficient (Wildman–Crippen LogP) is 1.96. The lowest BCUT2D eigenvalue weighted by atomic mass is 10.2. The molecule has 0 bridgehead atoms. The Morgan fingerprint density at radius 1 is 1.41 bits per heavy atom. The van der Waals surface area contributed by atoms with Gasteiger partial charge in [-0.3, -0.25) is 4.79 Å². The molecule has 0 spiro atoms. The summed E-state index contributed by atoms with van der Waals surface area (Å²) in [6.45, 7) is 0.499. The first-order chi connectivity index (χ1) is 10.5. The van der Waals surface area contributed by atoms with Crippen LogP contribution in [0.4, 0.5) is 5.69 Å². The molecule has 1 amide bonds. The number of nitrogens with zero attached hydrogens (tertiary/aromatic N) is 1. The van der Waals surface area contributed by atoms with E-state index in [2.05, 4.69) is 21.2 Å². The Kier molecular flexibility index (Phi) is 4.42. The molecule has 1 N–H and O–H groups in total. The zero-order chi connectivity index (χ0) is 15.7. The SMILES string of the molecule is O=C1COc2ccc(S(=O)(=O)N3CCCC3CCBr)cc2N1. The molecular weight excluding hydrogens is 372 g/mol. The van der Waals surface area contributed by atoms with Crippen LogP contribution in [0, 0.1) is 0 Å². The third-order valence-electron chi connectivity index (χ3n) is 3.96. The highest BCUT2D eigenvalue weighted by Crippen LogP contribution is 2.33. The normalized spacial score (nSPS) is 22.0. The smallest absolute Gasteiger partial charge is 0.262 e. The van der Waals surface area contributed by atoms with Crippen molar-refractivity contribution >= 4 is 37.5 Å². The number of nitrogens with one attached hydrogen (secondary N) is 1. The molecule has 3 rings (SSSR count). The van der Waals surface area contributed by atoms with Crippen molar-refractivity contribution in [2.45, 2.75) is 30.2 Å². The summed E-state index contributed by atoms with van der Waals surface area (Å²) in [6.07, 6.45) is 2.56. The van der Waals surface area contributed by atoms with Crippen LogP contribution in [0.15, 0.2) is 23.1 Å². The van der Waals surface area contributed by atoms with E-state index in [9.17, 15) is 13.2 Å². The standard InChI is InChI=1S/C14H17BrN2O4S/c15-6-5-10-2-1-7-17(10)22(19,20)11-3-4-13-12(8-11)16-14(18)9-21-13/h3-4,8,10H,1-2,5-7,9H2,(H,16,18). The van der Waals surface area contributed by atoms with Crippen molar-refractivity contribution in [2.75, 3.05) is 23.8 Å². The lowest BCUT2D eigenvalue weighted by molar-refractivity contribution is -0.118. The number of carbonyl (C=O) groups is 1. The van der Waals surface area contributed by atoms with Gasteiger partial charge >= 0.3 is 0 Å². The van der Waals surface area contributed by atoms with E-state index in [0.717, 1.165) is 24.6 Å². The van der Waals surface area contributed by atoms with Crippen molar-refractivity contribution in [2.24, 2.45) is 0 Å². The van der Waals surface area contributed by atoms with E-state index >= 15 is 0 Å². The van der Waals surface area contributed by atoms with E-state index in [0.29, 0.717) is 18.0 Å². The molecule has 1 aromatic rings. The second-order valence-corrected chi connectivity index (χ2v) is 8.07. The average Bonchev–Trinajstić information content (AvgIpc) is 2.96. The van der Waals surface area contributed by atoms with Crippen molar-refractivity contribution < 1.29 is 17.9 Å². The van der Waals surface area contributed by atoms with Crippen molar-refractivity contribution in [3.8, 4) is 5.75 Å². The summed E-state index contributed by atoms with van der Waals surface area (Å²) in [5.74, 6) is 0.220. The molecule has 0 radical (unpaired) electrons. The summed E-state index contributed by atoms with van der Waals surface area (Å²) in [7, 11) is -3.56. The van der Waals surface area contributed by atoms with Gasteiger partial charge < -0.3 is 10.1 Å². The number of hydrogen-bond donors (Lipinski definition) is 1. The van der Waals surface area contributed by atoms with Crippen molar-refractivity contribution in [1.29, 1.82) is 0 Å². The number of sulfonamides is 1. The zero-order valence-corrected chi connectivity index (χ0v) is 14.3. The van der Waals surface area contributed by atoms with Crippen molar-refractivity contribution in [1.82, 2.24) is 4.31 Å². The van der Waals surface area contributed by atoms with Crippen LogP contribution in [0.5, 0.6) is 5.75 Å². The molecule has 1 unspecified atom stereocenters. The number of halogens is 1. The van der Waals surface area contributed by atoms with E-state index in [1.807, 2.05) is 0 Å². The first kappa shape index (κ1) is 15.8. The van der Waals surface area contributed by atoms with Gasteiger partial charge in [-0.2, -0.15) is 4.31 Å². The van der Waals surface area contributed by atoms with Gasteiger partial charge in [-0.1, -0.05) is 15.9 Å². The fraction of sp³-hybridized carbons (Fsp3) is 0.500. The maximum Gasteiger partial charge on any atom is 0.262 e. The quantitative estimate of drug-likeness (QED) is 0.799. The zero-order valence-electron chi connectivity index (χ0n) is 11.9. The second kappa shape index (κ2) is 6.17. The average molecular weight is 389 g/mol. The van der Waals surface area contributed by atoms with Crippen LogP contribution in [-0.2, 0) is 14.8 Å². The molecule has 8 heteroatoms. The fourth-order valence-corrected chi connectivity index (χ4v) is 5.18. The number of fused-ring (bicyclic) bond motifs is 1. The molecular formula is C14H17BrN2O4S. The Morgan fingerprint density at radius 2 is 2.23 bits per heavy atom. The molecule has 6 nitrogen and oxygen atoms in total. The lowest BCUT2D eigenvalue weighted by Gasteiger charge is -2.25. The highest BCUT2D eigenvalue weighted by Gasteiger charge is 2.35. The maximum atomic E-state index is 12.8. The largest absolute Gasteiger partial charge is 0.482 e. The first-order valence-corrected chi connectivity index (χ1v) is 9.73. The minimum absolute atomic E-state index is 0.0336. The van der Waals surface area contributed by atoms with Gasteiger partial charge in [0.1, 0.15) is 5.75 Å². The summed E-state index contributed by atoms with van der Waals surface area (Å²) < 4.78 is 32.5. The van der Waals surface area contributed by atoms with Gasteiger partial charge in [0.2, 0.25) is 10.0 Å². The molecule has 22 heavy (non-hydrogen) atoms. The Hall–Kier alpha value is -1.12. The number of amides is 1. The monoisotopic (exact) mass is 388 g/mol. The molecule has 1 fully saturated rings. The molecule has 1 atom stereocenters.